The van der Waals surface area contributed by atoms with E-state index in [2.05, 4.69) is 0 Å². The molecule has 0 unspecified atom stereocenters. The number of esters is 1. The van der Waals surface area contributed by atoms with E-state index in [0.29, 0.717) is 11.3 Å². The number of carbonyl (C=O) groups excluding carboxylic acids is 3. The van der Waals surface area contributed by atoms with E-state index in [1.165, 1.54) is 6.92 Å². The van der Waals surface area contributed by atoms with Crippen LogP contribution in [0.15, 0.2) is 29.2 Å². The molecule has 0 saturated carbocycles. The minimum atomic E-state index is -0.958. The molecule has 1 aliphatic rings. The average molecular weight is 377 g/mol. The average Bonchev–Trinajstić information content (AvgIpc) is 2.89. The number of carbonyl (C=O) groups is 3. The second-order valence-corrected chi connectivity index (χ2v) is 6.85. The molecule has 1 saturated heterocycles. The molecule has 1 fully saturated rings. The minimum absolute atomic E-state index is 0.0310. The van der Waals surface area contributed by atoms with Crippen LogP contribution in [0, 0.1) is 0 Å². The molecule has 0 bridgehead atoms. The van der Waals surface area contributed by atoms with E-state index < -0.39 is 23.2 Å². The van der Waals surface area contributed by atoms with E-state index in [1.54, 1.807) is 13.0 Å². The Morgan fingerprint density at radius 3 is 2.58 bits per heavy atom. The Balaban J connectivity index is 2.27. The van der Waals surface area contributed by atoms with E-state index in [4.69, 9.17) is 9.47 Å². The van der Waals surface area contributed by atoms with Crippen LogP contribution in [0.1, 0.15) is 39.7 Å². The molecule has 1 aromatic carbocycles. The number of thioether (sulfide) groups is 1. The quantitative estimate of drug-likeness (QED) is 0.531. The molecule has 1 aliphatic heterocycles. The first-order valence-corrected chi connectivity index (χ1v) is 9.40. The second-order valence-electron chi connectivity index (χ2n) is 5.85. The highest BCUT2D eigenvalue weighted by molar-refractivity contribution is 8.18. The number of rotatable bonds is 7. The zero-order valence-corrected chi connectivity index (χ0v) is 16.2. The molecule has 2 atom stereocenters. The standard InChI is InChI=1S/C19H23NO5S/c1-5-12(3)25-15-10-8-7-9-14(15)11-16-17(21)20(19(23)26-16)13(4)18(22)24-6-2/h7-13H,5-6H2,1-4H3/b16-11+/t12-,13-/m0/s1. The Labute approximate surface area is 157 Å². The molecular formula is C19H23NO5S. The highest BCUT2D eigenvalue weighted by Gasteiger charge is 2.41. The number of para-hydroxylation sites is 1. The van der Waals surface area contributed by atoms with Gasteiger partial charge < -0.3 is 9.47 Å². The van der Waals surface area contributed by atoms with Crippen LogP contribution in [0.2, 0.25) is 0 Å². The Hall–Kier alpha value is -2.28. The van der Waals surface area contributed by atoms with Gasteiger partial charge in [0.25, 0.3) is 11.1 Å². The van der Waals surface area contributed by atoms with Gasteiger partial charge in [-0.2, -0.15) is 0 Å². The molecule has 2 rings (SSSR count). The van der Waals surface area contributed by atoms with Gasteiger partial charge in [-0.05, 0) is 51.1 Å². The topological polar surface area (TPSA) is 72.9 Å². The van der Waals surface area contributed by atoms with Crippen LogP contribution >= 0.6 is 11.8 Å². The van der Waals surface area contributed by atoms with Crippen molar-refractivity contribution in [1.29, 1.82) is 0 Å². The van der Waals surface area contributed by atoms with Crippen LogP contribution in [0.5, 0.6) is 5.75 Å². The van der Waals surface area contributed by atoms with Crippen molar-refractivity contribution in [2.45, 2.75) is 46.3 Å². The second kappa shape index (κ2) is 8.89. The zero-order chi connectivity index (χ0) is 19.3. The van der Waals surface area contributed by atoms with Crippen molar-refractivity contribution >= 4 is 35.0 Å². The molecule has 0 spiro atoms. The maximum Gasteiger partial charge on any atom is 0.329 e. The molecule has 0 aliphatic carbocycles. The SMILES string of the molecule is CCOC(=O)[C@H](C)N1C(=O)S/C(=C/c2ccccc2O[C@@H](C)CC)C1=O. The summed E-state index contributed by atoms with van der Waals surface area (Å²) in [6.07, 6.45) is 2.51. The highest BCUT2D eigenvalue weighted by atomic mass is 32.2. The summed E-state index contributed by atoms with van der Waals surface area (Å²) in [5.41, 5.74) is 0.710. The molecule has 1 heterocycles. The number of amides is 2. The fourth-order valence-electron chi connectivity index (χ4n) is 2.33. The number of nitrogens with zero attached hydrogens (tertiary/aromatic N) is 1. The summed E-state index contributed by atoms with van der Waals surface area (Å²) in [5, 5.41) is -0.484. The van der Waals surface area contributed by atoms with Crippen LogP contribution in [-0.2, 0) is 14.3 Å². The van der Waals surface area contributed by atoms with Gasteiger partial charge in [0.15, 0.2) is 0 Å². The van der Waals surface area contributed by atoms with Gasteiger partial charge in [-0.3, -0.25) is 14.5 Å². The van der Waals surface area contributed by atoms with Crippen molar-refractivity contribution in [3.8, 4) is 5.75 Å². The van der Waals surface area contributed by atoms with Crippen molar-refractivity contribution in [2.24, 2.45) is 0 Å². The number of imide groups is 1. The summed E-state index contributed by atoms with van der Waals surface area (Å²) < 4.78 is 10.8. The van der Waals surface area contributed by atoms with Gasteiger partial charge in [0, 0.05) is 5.56 Å². The zero-order valence-electron chi connectivity index (χ0n) is 15.4. The molecule has 140 valence electrons. The number of hydrogen-bond acceptors (Lipinski definition) is 6. The Morgan fingerprint density at radius 2 is 1.92 bits per heavy atom. The molecule has 1 aromatic rings. The minimum Gasteiger partial charge on any atom is -0.490 e. The lowest BCUT2D eigenvalue weighted by Crippen LogP contribution is -2.42. The maximum absolute atomic E-state index is 12.6. The van der Waals surface area contributed by atoms with Crippen molar-refractivity contribution < 1.29 is 23.9 Å². The van der Waals surface area contributed by atoms with E-state index in [-0.39, 0.29) is 17.6 Å². The summed E-state index contributed by atoms with van der Waals surface area (Å²) in [4.78, 5) is 37.9. The fraction of sp³-hybridized carbons (Fsp3) is 0.421. The largest absolute Gasteiger partial charge is 0.490 e. The lowest BCUT2D eigenvalue weighted by atomic mass is 10.1. The smallest absolute Gasteiger partial charge is 0.329 e. The van der Waals surface area contributed by atoms with Crippen LogP contribution in [0.4, 0.5) is 4.79 Å². The molecule has 6 nitrogen and oxygen atoms in total. The lowest BCUT2D eigenvalue weighted by Gasteiger charge is -2.19. The predicted octanol–water partition coefficient (Wildman–Crippen LogP) is 3.85. The molecule has 26 heavy (non-hydrogen) atoms. The summed E-state index contributed by atoms with van der Waals surface area (Å²) in [7, 11) is 0. The van der Waals surface area contributed by atoms with E-state index in [1.807, 2.05) is 38.1 Å². The van der Waals surface area contributed by atoms with Crippen LogP contribution in [0.25, 0.3) is 6.08 Å². The van der Waals surface area contributed by atoms with Crippen molar-refractivity contribution in [1.82, 2.24) is 4.90 Å². The van der Waals surface area contributed by atoms with Gasteiger partial charge >= 0.3 is 5.97 Å². The normalized spacial score (nSPS) is 18.2. The van der Waals surface area contributed by atoms with E-state index >= 15 is 0 Å². The number of ether oxygens (including phenoxy) is 2. The van der Waals surface area contributed by atoms with Crippen LogP contribution < -0.4 is 4.74 Å². The molecule has 0 N–H and O–H groups in total. The first-order chi connectivity index (χ1) is 12.4. The molecule has 0 aromatic heterocycles. The Bertz CT molecular complexity index is 730. The summed E-state index contributed by atoms with van der Waals surface area (Å²) in [6.45, 7) is 7.33. The Morgan fingerprint density at radius 1 is 1.23 bits per heavy atom. The van der Waals surface area contributed by atoms with Crippen molar-refractivity contribution in [3.63, 3.8) is 0 Å². The van der Waals surface area contributed by atoms with Crippen molar-refractivity contribution in [2.75, 3.05) is 6.61 Å². The summed E-state index contributed by atoms with van der Waals surface area (Å²) >= 11 is 0.809. The molecule has 7 heteroatoms. The van der Waals surface area contributed by atoms with Crippen molar-refractivity contribution in [3.05, 3.63) is 34.7 Å². The van der Waals surface area contributed by atoms with Gasteiger partial charge in [-0.15, -0.1) is 0 Å². The summed E-state index contributed by atoms with van der Waals surface area (Å²) in [5.74, 6) is -0.456. The maximum atomic E-state index is 12.6. The first-order valence-electron chi connectivity index (χ1n) is 8.58. The Kier molecular flexibility index (Phi) is 6.85. The highest BCUT2D eigenvalue weighted by Crippen LogP contribution is 2.35. The fourth-order valence-corrected chi connectivity index (χ4v) is 3.23. The monoisotopic (exact) mass is 377 g/mol. The van der Waals surface area contributed by atoms with Gasteiger partial charge in [0.1, 0.15) is 11.8 Å². The lowest BCUT2D eigenvalue weighted by molar-refractivity contribution is -0.150. The van der Waals surface area contributed by atoms with E-state index in [0.717, 1.165) is 23.1 Å². The molecule has 2 amide bonds. The first kappa shape index (κ1) is 20.0. The van der Waals surface area contributed by atoms with Crippen LogP contribution in [-0.4, -0.2) is 40.8 Å². The van der Waals surface area contributed by atoms with Gasteiger partial charge in [-0.25, -0.2) is 4.79 Å². The summed E-state index contributed by atoms with van der Waals surface area (Å²) in [6, 6.07) is 6.37. The molecular weight excluding hydrogens is 354 g/mol. The third-order valence-electron chi connectivity index (χ3n) is 3.95. The number of benzene rings is 1. The van der Waals surface area contributed by atoms with Crippen LogP contribution in [0.3, 0.4) is 0 Å². The number of hydrogen-bond donors (Lipinski definition) is 0. The van der Waals surface area contributed by atoms with Gasteiger partial charge in [0.2, 0.25) is 0 Å². The molecule has 0 radical (unpaired) electrons. The van der Waals surface area contributed by atoms with Gasteiger partial charge in [-0.1, -0.05) is 25.1 Å². The predicted molar refractivity (Wildman–Crippen MR) is 101 cm³/mol. The van der Waals surface area contributed by atoms with Gasteiger partial charge in [0.05, 0.1) is 17.6 Å². The third kappa shape index (κ3) is 4.46. The third-order valence-corrected chi connectivity index (χ3v) is 4.83. The van der Waals surface area contributed by atoms with E-state index in [9.17, 15) is 14.4 Å².